The summed E-state index contributed by atoms with van der Waals surface area (Å²) in [5.41, 5.74) is -1.13. The fourth-order valence-corrected chi connectivity index (χ4v) is 3.80. The van der Waals surface area contributed by atoms with Crippen LogP contribution in [0.5, 0.6) is 0 Å². The predicted molar refractivity (Wildman–Crippen MR) is 113 cm³/mol. The van der Waals surface area contributed by atoms with Gasteiger partial charge in [-0.15, -0.1) is 0 Å². The van der Waals surface area contributed by atoms with Crippen molar-refractivity contribution in [2.45, 2.75) is 19.1 Å². The average molecular weight is 467 g/mol. The fourth-order valence-electron chi connectivity index (χ4n) is 3.02. The topological polar surface area (TPSA) is 98.9 Å². The van der Waals surface area contributed by atoms with Gasteiger partial charge in [0.05, 0.1) is 23.7 Å². The number of hydrogen-bond donors (Lipinski definition) is 1. The second-order valence-electron chi connectivity index (χ2n) is 7.22. The van der Waals surface area contributed by atoms with Crippen molar-refractivity contribution in [3.05, 3.63) is 64.2 Å². The van der Waals surface area contributed by atoms with Gasteiger partial charge in [-0.2, -0.15) is 28.1 Å². The number of rotatable bonds is 6. The van der Waals surface area contributed by atoms with Crippen LogP contribution in [0.4, 0.5) is 13.2 Å². The Hall–Kier alpha value is -3.28. The summed E-state index contributed by atoms with van der Waals surface area (Å²) in [5, 5.41) is 10.8. The second-order valence-corrected chi connectivity index (χ2v) is 8.70. The number of alkyl halides is 3. The highest BCUT2D eigenvalue weighted by molar-refractivity contribution is 7.84. The number of carbonyl (C=O) groups excluding carboxylic acids is 1. The molecule has 0 aliphatic heterocycles. The quantitative estimate of drug-likeness (QED) is 0.599. The number of nitrogens with one attached hydrogen (secondary N) is 1. The lowest BCUT2D eigenvalue weighted by atomic mass is 10.1. The Balaban J connectivity index is 2.09. The lowest BCUT2D eigenvalue weighted by molar-refractivity contribution is -0.137. The first-order chi connectivity index (χ1) is 15.0. The van der Waals surface area contributed by atoms with E-state index >= 15 is 0 Å². The van der Waals surface area contributed by atoms with Gasteiger partial charge in [0.25, 0.3) is 11.5 Å². The van der Waals surface area contributed by atoms with E-state index in [1.807, 2.05) is 0 Å². The van der Waals surface area contributed by atoms with E-state index in [-0.39, 0.29) is 28.3 Å². The van der Waals surface area contributed by atoms with Crippen LogP contribution in [-0.4, -0.2) is 47.7 Å². The summed E-state index contributed by atoms with van der Waals surface area (Å²) in [4.78, 5) is 25.8. The van der Waals surface area contributed by atoms with Gasteiger partial charge >= 0.3 is 6.18 Å². The summed E-state index contributed by atoms with van der Waals surface area (Å²) in [6.07, 6.45) is -0.126. The van der Waals surface area contributed by atoms with Crippen LogP contribution in [0.1, 0.15) is 22.8 Å². The highest BCUT2D eigenvalue weighted by Crippen LogP contribution is 2.30. The van der Waals surface area contributed by atoms with Crippen molar-refractivity contribution >= 4 is 16.7 Å². The molecule has 0 aliphatic rings. The normalized spacial score (nSPS) is 13.6. The Kier molecular flexibility index (Phi) is 6.63. The standard InChI is InChI=1S/C20H20F3N5O3S/c1-12(11-32(3)31)25-18(29)16-8-17(13-4-6-14(7-5-13)20(21,22)23)26-28(19(16)30)15-9-24-27(2)10-15/h4-10,12H,11H2,1-3H3,(H,25,29)/t12-,32-/m0/s1. The van der Waals surface area contributed by atoms with Gasteiger partial charge < -0.3 is 5.32 Å². The maximum atomic E-state index is 13.0. The van der Waals surface area contributed by atoms with E-state index in [9.17, 15) is 27.0 Å². The number of aromatic nitrogens is 4. The molecule has 3 rings (SSSR count). The molecule has 0 saturated heterocycles. The first kappa shape index (κ1) is 23.4. The number of amides is 1. The molecule has 8 nitrogen and oxygen atoms in total. The van der Waals surface area contributed by atoms with Crippen LogP contribution in [0.25, 0.3) is 16.9 Å². The molecular formula is C20H20F3N5O3S. The monoisotopic (exact) mass is 467 g/mol. The molecule has 32 heavy (non-hydrogen) atoms. The third-order valence-electron chi connectivity index (χ3n) is 4.46. The molecule has 0 unspecified atom stereocenters. The Morgan fingerprint density at radius 2 is 1.91 bits per heavy atom. The molecule has 0 spiro atoms. The van der Waals surface area contributed by atoms with Crippen LogP contribution >= 0.6 is 0 Å². The van der Waals surface area contributed by atoms with Crippen molar-refractivity contribution in [3.63, 3.8) is 0 Å². The summed E-state index contributed by atoms with van der Waals surface area (Å²) in [6, 6.07) is 4.98. The molecular weight excluding hydrogens is 447 g/mol. The Morgan fingerprint density at radius 1 is 1.25 bits per heavy atom. The predicted octanol–water partition coefficient (Wildman–Crippen LogP) is 2.15. The van der Waals surface area contributed by atoms with Crippen molar-refractivity contribution in [1.82, 2.24) is 24.9 Å². The van der Waals surface area contributed by atoms with Crippen molar-refractivity contribution < 1.29 is 22.2 Å². The van der Waals surface area contributed by atoms with E-state index in [1.54, 1.807) is 14.0 Å². The first-order valence-corrected chi connectivity index (χ1v) is 11.1. The van der Waals surface area contributed by atoms with Gasteiger partial charge in [0.15, 0.2) is 0 Å². The zero-order valence-corrected chi connectivity index (χ0v) is 18.2. The highest BCUT2D eigenvalue weighted by atomic mass is 32.2. The summed E-state index contributed by atoms with van der Waals surface area (Å²) < 4.78 is 52.5. The number of benzene rings is 1. The molecule has 2 atom stereocenters. The smallest absolute Gasteiger partial charge is 0.348 e. The van der Waals surface area contributed by atoms with E-state index in [0.29, 0.717) is 0 Å². The summed E-state index contributed by atoms with van der Waals surface area (Å²) >= 11 is 0. The van der Waals surface area contributed by atoms with Crippen LogP contribution in [0.15, 0.2) is 47.5 Å². The van der Waals surface area contributed by atoms with Crippen LogP contribution in [0.2, 0.25) is 0 Å². The number of carbonyl (C=O) groups is 1. The second kappa shape index (κ2) is 9.07. The van der Waals surface area contributed by atoms with E-state index in [2.05, 4.69) is 15.5 Å². The van der Waals surface area contributed by atoms with Gasteiger partial charge in [-0.3, -0.25) is 18.5 Å². The minimum atomic E-state index is -4.50. The lowest BCUT2D eigenvalue weighted by Gasteiger charge is -2.14. The molecule has 1 N–H and O–H groups in total. The van der Waals surface area contributed by atoms with Crippen LogP contribution < -0.4 is 10.9 Å². The average Bonchev–Trinajstić information content (AvgIpc) is 3.13. The zero-order chi connectivity index (χ0) is 23.6. The van der Waals surface area contributed by atoms with Crippen molar-refractivity contribution in [3.8, 4) is 16.9 Å². The first-order valence-electron chi connectivity index (χ1n) is 9.37. The summed E-state index contributed by atoms with van der Waals surface area (Å²) in [7, 11) is 0.471. The summed E-state index contributed by atoms with van der Waals surface area (Å²) in [6.45, 7) is 1.65. The third kappa shape index (κ3) is 5.31. The van der Waals surface area contributed by atoms with Gasteiger partial charge in [-0.25, -0.2) is 0 Å². The maximum absolute atomic E-state index is 13.0. The third-order valence-corrected chi connectivity index (χ3v) is 5.43. The molecule has 0 aliphatic carbocycles. The van der Waals surface area contributed by atoms with Crippen LogP contribution in [0.3, 0.4) is 0 Å². The molecule has 12 heteroatoms. The van der Waals surface area contributed by atoms with E-state index in [4.69, 9.17) is 0 Å². The number of aryl methyl sites for hydroxylation is 1. The molecule has 0 bridgehead atoms. The van der Waals surface area contributed by atoms with Crippen LogP contribution in [-0.2, 0) is 24.0 Å². The molecule has 0 fully saturated rings. The zero-order valence-electron chi connectivity index (χ0n) is 17.4. The van der Waals surface area contributed by atoms with Crippen molar-refractivity contribution in [2.75, 3.05) is 12.0 Å². The molecule has 2 heterocycles. The largest absolute Gasteiger partial charge is 0.416 e. The number of hydrogen-bond acceptors (Lipinski definition) is 5. The van der Waals surface area contributed by atoms with E-state index < -0.39 is 40.0 Å². The molecule has 3 aromatic rings. The van der Waals surface area contributed by atoms with Gasteiger partial charge in [-0.1, -0.05) is 12.1 Å². The van der Waals surface area contributed by atoms with Crippen molar-refractivity contribution in [2.24, 2.45) is 7.05 Å². The fraction of sp³-hybridized carbons (Fsp3) is 0.300. The number of nitrogens with zero attached hydrogens (tertiary/aromatic N) is 4. The SMILES string of the molecule is C[C@@H](C[S@](C)=O)NC(=O)c1cc(-c2ccc(C(F)(F)F)cc2)nn(-c2cnn(C)c2)c1=O. The number of halogens is 3. The van der Waals surface area contributed by atoms with Gasteiger partial charge in [0.2, 0.25) is 0 Å². The molecule has 1 amide bonds. The Labute approximate surface area is 183 Å². The molecule has 2 aromatic heterocycles. The maximum Gasteiger partial charge on any atom is 0.416 e. The van der Waals surface area contributed by atoms with E-state index in [0.717, 1.165) is 16.8 Å². The van der Waals surface area contributed by atoms with Gasteiger partial charge in [0, 0.05) is 41.5 Å². The molecule has 0 saturated carbocycles. The highest BCUT2D eigenvalue weighted by Gasteiger charge is 2.30. The van der Waals surface area contributed by atoms with Crippen LogP contribution in [0, 0.1) is 0 Å². The molecule has 0 radical (unpaired) electrons. The molecule has 170 valence electrons. The van der Waals surface area contributed by atoms with Crippen molar-refractivity contribution in [1.29, 1.82) is 0 Å². The summed E-state index contributed by atoms with van der Waals surface area (Å²) in [5.74, 6) is -0.513. The minimum Gasteiger partial charge on any atom is -0.348 e. The lowest BCUT2D eigenvalue weighted by Crippen LogP contribution is -2.40. The van der Waals surface area contributed by atoms with Gasteiger partial charge in [0.1, 0.15) is 11.3 Å². The molecule has 1 aromatic carbocycles. The Morgan fingerprint density at radius 3 is 2.44 bits per heavy atom. The van der Waals surface area contributed by atoms with Gasteiger partial charge in [-0.05, 0) is 25.1 Å². The van der Waals surface area contributed by atoms with E-state index in [1.165, 1.54) is 41.5 Å². The Bertz CT molecular complexity index is 1220. The minimum absolute atomic E-state index is 0.124.